The lowest BCUT2D eigenvalue weighted by Gasteiger charge is -2.29. The fourth-order valence-corrected chi connectivity index (χ4v) is 2.73. The summed E-state index contributed by atoms with van der Waals surface area (Å²) in [6, 6.07) is 7.77. The molecule has 0 spiro atoms. The minimum atomic E-state index is -0.158. The van der Waals surface area contributed by atoms with Gasteiger partial charge in [-0.15, -0.1) is 0 Å². The van der Waals surface area contributed by atoms with Gasteiger partial charge in [-0.25, -0.2) is 4.39 Å². The third kappa shape index (κ3) is 2.90. The third-order valence-electron chi connectivity index (χ3n) is 3.90. The molecule has 1 aliphatic heterocycles. The van der Waals surface area contributed by atoms with Crippen molar-refractivity contribution in [2.24, 2.45) is 5.92 Å². The van der Waals surface area contributed by atoms with Crippen LogP contribution in [0.25, 0.3) is 0 Å². The van der Waals surface area contributed by atoms with E-state index in [2.05, 4.69) is 5.32 Å². The highest BCUT2D eigenvalue weighted by Crippen LogP contribution is 2.41. The molecular weight excluding hydrogens is 229 g/mol. The molecule has 1 N–H and O–H groups in total. The second-order valence-corrected chi connectivity index (χ2v) is 5.45. The van der Waals surface area contributed by atoms with Gasteiger partial charge < -0.3 is 10.1 Å². The molecule has 2 nitrogen and oxygen atoms in total. The Morgan fingerprint density at radius 1 is 1.17 bits per heavy atom. The first-order valence-electron chi connectivity index (χ1n) is 6.92. The van der Waals surface area contributed by atoms with Crippen LogP contribution in [0.5, 0.6) is 0 Å². The molecule has 1 aromatic rings. The van der Waals surface area contributed by atoms with E-state index in [4.69, 9.17) is 4.74 Å². The average molecular weight is 249 g/mol. The number of rotatable bonds is 4. The van der Waals surface area contributed by atoms with E-state index in [1.807, 2.05) is 12.1 Å². The lowest BCUT2D eigenvalue weighted by Crippen LogP contribution is -2.39. The minimum Gasteiger partial charge on any atom is -0.380 e. The first kappa shape index (κ1) is 12.1. The highest BCUT2D eigenvalue weighted by molar-refractivity contribution is 5.22. The summed E-state index contributed by atoms with van der Waals surface area (Å²) < 4.78 is 18.5. The molecule has 1 heterocycles. The normalized spacial score (nSPS) is 25.9. The van der Waals surface area contributed by atoms with Gasteiger partial charge in [0.1, 0.15) is 5.82 Å². The Morgan fingerprint density at radius 3 is 2.56 bits per heavy atom. The number of ether oxygens (including phenoxy) is 1. The van der Waals surface area contributed by atoms with E-state index in [1.54, 1.807) is 12.1 Å². The van der Waals surface area contributed by atoms with Crippen molar-refractivity contribution >= 4 is 0 Å². The van der Waals surface area contributed by atoms with Crippen LogP contribution in [0.3, 0.4) is 0 Å². The van der Waals surface area contributed by atoms with E-state index in [9.17, 15) is 4.39 Å². The molecular formula is C15H20FNO. The maximum absolute atomic E-state index is 13.0. The molecule has 1 saturated carbocycles. The van der Waals surface area contributed by atoms with Crippen molar-refractivity contribution in [3.8, 4) is 0 Å². The van der Waals surface area contributed by atoms with Crippen molar-refractivity contribution in [3.05, 3.63) is 35.6 Å². The van der Waals surface area contributed by atoms with E-state index in [0.717, 1.165) is 25.6 Å². The summed E-state index contributed by atoms with van der Waals surface area (Å²) >= 11 is 0. The third-order valence-corrected chi connectivity index (χ3v) is 3.90. The molecule has 2 atom stereocenters. The number of hydrogen-bond acceptors (Lipinski definition) is 2. The zero-order valence-electron chi connectivity index (χ0n) is 10.6. The van der Waals surface area contributed by atoms with E-state index < -0.39 is 0 Å². The average Bonchev–Trinajstić information content (AvgIpc) is 3.23. The van der Waals surface area contributed by atoms with Gasteiger partial charge in [0.05, 0.1) is 6.61 Å². The molecule has 0 radical (unpaired) electrons. The summed E-state index contributed by atoms with van der Waals surface area (Å²) in [5, 5.41) is 3.71. The fourth-order valence-electron chi connectivity index (χ4n) is 2.73. The maximum Gasteiger partial charge on any atom is 0.123 e. The number of nitrogens with one attached hydrogen (secondary N) is 1. The SMILES string of the molecule is Fc1ccc(C(NC2CCCOC2)C2CC2)cc1. The highest BCUT2D eigenvalue weighted by Gasteiger charge is 2.33. The molecule has 98 valence electrons. The molecule has 0 aromatic heterocycles. The lowest BCUT2D eigenvalue weighted by molar-refractivity contribution is 0.0652. The standard InChI is InChI=1S/C15H20FNO/c16-13-7-5-12(6-8-13)15(11-3-4-11)17-14-2-1-9-18-10-14/h5-8,11,14-15,17H,1-4,9-10H2. The van der Waals surface area contributed by atoms with Crippen LogP contribution in [0.2, 0.25) is 0 Å². The van der Waals surface area contributed by atoms with Gasteiger partial charge in [-0.05, 0) is 49.3 Å². The number of halogens is 1. The van der Waals surface area contributed by atoms with Gasteiger partial charge in [0.25, 0.3) is 0 Å². The van der Waals surface area contributed by atoms with E-state index in [-0.39, 0.29) is 5.82 Å². The van der Waals surface area contributed by atoms with Crippen LogP contribution in [0, 0.1) is 11.7 Å². The highest BCUT2D eigenvalue weighted by atomic mass is 19.1. The van der Waals surface area contributed by atoms with Crippen LogP contribution >= 0.6 is 0 Å². The molecule has 2 fully saturated rings. The van der Waals surface area contributed by atoms with E-state index in [1.165, 1.54) is 24.8 Å². The molecule has 18 heavy (non-hydrogen) atoms. The second-order valence-electron chi connectivity index (χ2n) is 5.45. The summed E-state index contributed by atoms with van der Waals surface area (Å²) in [7, 11) is 0. The zero-order valence-corrected chi connectivity index (χ0v) is 10.6. The second kappa shape index (κ2) is 5.37. The van der Waals surface area contributed by atoms with Crippen LogP contribution in [0.15, 0.2) is 24.3 Å². The molecule has 2 aliphatic rings. The Hall–Kier alpha value is -0.930. The van der Waals surface area contributed by atoms with Crippen molar-refractivity contribution in [2.45, 2.75) is 37.8 Å². The minimum absolute atomic E-state index is 0.158. The van der Waals surface area contributed by atoms with Gasteiger partial charge in [0, 0.05) is 18.7 Å². The van der Waals surface area contributed by atoms with Crippen LogP contribution < -0.4 is 5.32 Å². The lowest BCUT2D eigenvalue weighted by atomic mass is 10.00. The fraction of sp³-hybridized carbons (Fsp3) is 0.600. The van der Waals surface area contributed by atoms with Crippen LogP contribution in [0.4, 0.5) is 4.39 Å². The molecule has 3 heteroatoms. The Balaban J connectivity index is 1.69. The predicted octanol–water partition coefficient (Wildman–Crippen LogP) is 3.05. The predicted molar refractivity (Wildman–Crippen MR) is 68.8 cm³/mol. The van der Waals surface area contributed by atoms with Crippen molar-refractivity contribution < 1.29 is 9.13 Å². The van der Waals surface area contributed by atoms with Gasteiger partial charge in [-0.1, -0.05) is 12.1 Å². The largest absolute Gasteiger partial charge is 0.380 e. The van der Waals surface area contributed by atoms with Gasteiger partial charge in [-0.2, -0.15) is 0 Å². The van der Waals surface area contributed by atoms with Crippen molar-refractivity contribution in [2.75, 3.05) is 13.2 Å². The first-order valence-corrected chi connectivity index (χ1v) is 6.92. The van der Waals surface area contributed by atoms with Gasteiger partial charge in [0.15, 0.2) is 0 Å². The first-order chi connectivity index (χ1) is 8.83. The Labute approximate surface area is 108 Å². The van der Waals surface area contributed by atoms with Crippen molar-refractivity contribution in [1.82, 2.24) is 5.32 Å². The molecule has 1 saturated heterocycles. The van der Waals surface area contributed by atoms with Gasteiger partial charge in [-0.3, -0.25) is 0 Å². The maximum atomic E-state index is 13.0. The smallest absolute Gasteiger partial charge is 0.123 e. The summed E-state index contributed by atoms with van der Waals surface area (Å²) in [5.41, 5.74) is 1.21. The number of hydrogen-bond donors (Lipinski definition) is 1. The van der Waals surface area contributed by atoms with Crippen molar-refractivity contribution in [3.63, 3.8) is 0 Å². The van der Waals surface area contributed by atoms with Crippen molar-refractivity contribution in [1.29, 1.82) is 0 Å². The molecule has 0 bridgehead atoms. The molecule has 1 aliphatic carbocycles. The Kier molecular flexibility index (Phi) is 3.62. The van der Waals surface area contributed by atoms with Gasteiger partial charge >= 0.3 is 0 Å². The monoisotopic (exact) mass is 249 g/mol. The van der Waals surface area contributed by atoms with E-state index in [0.29, 0.717) is 12.1 Å². The summed E-state index contributed by atoms with van der Waals surface area (Å²) in [5.74, 6) is 0.562. The summed E-state index contributed by atoms with van der Waals surface area (Å²) in [6.45, 7) is 1.70. The number of benzene rings is 1. The van der Waals surface area contributed by atoms with Gasteiger partial charge in [0.2, 0.25) is 0 Å². The molecule has 3 rings (SSSR count). The Bertz CT molecular complexity index is 382. The van der Waals surface area contributed by atoms with Crippen LogP contribution in [0.1, 0.15) is 37.3 Å². The van der Waals surface area contributed by atoms with Crippen LogP contribution in [-0.4, -0.2) is 19.3 Å². The summed E-state index contributed by atoms with van der Waals surface area (Å²) in [6.07, 6.45) is 4.88. The molecule has 1 aromatic carbocycles. The molecule has 2 unspecified atom stereocenters. The van der Waals surface area contributed by atoms with Crippen LogP contribution in [-0.2, 0) is 4.74 Å². The van der Waals surface area contributed by atoms with E-state index >= 15 is 0 Å². The molecule has 0 amide bonds. The summed E-state index contributed by atoms with van der Waals surface area (Å²) in [4.78, 5) is 0. The quantitative estimate of drug-likeness (QED) is 0.885. The zero-order chi connectivity index (χ0) is 12.4. The Morgan fingerprint density at radius 2 is 1.94 bits per heavy atom. The topological polar surface area (TPSA) is 21.3 Å².